The number of hydrogen-bond donors (Lipinski definition) is 3. The van der Waals surface area contributed by atoms with Crippen molar-refractivity contribution in [3.63, 3.8) is 0 Å². The van der Waals surface area contributed by atoms with E-state index in [1.54, 1.807) is 30.3 Å². The third-order valence-electron chi connectivity index (χ3n) is 9.58. The van der Waals surface area contributed by atoms with Crippen LogP contribution in [0.2, 0.25) is 0 Å². The summed E-state index contributed by atoms with van der Waals surface area (Å²) in [6.07, 6.45) is 3.78. The number of fused-ring (bicyclic) bond motifs is 7. The zero-order valence-corrected chi connectivity index (χ0v) is 25.4. The molecule has 0 aromatic heterocycles. The van der Waals surface area contributed by atoms with Crippen molar-refractivity contribution in [1.82, 2.24) is 0 Å². The topological polar surface area (TPSA) is 106 Å². The second-order valence-corrected chi connectivity index (χ2v) is 13.6. The lowest BCUT2D eigenvalue weighted by atomic mass is 9.68. The maximum atomic E-state index is 13.4. The van der Waals surface area contributed by atoms with E-state index in [1.807, 2.05) is 12.1 Å². The van der Waals surface area contributed by atoms with Gasteiger partial charge in [0.1, 0.15) is 11.5 Å². The number of anilines is 3. The number of amides is 1. The van der Waals surface area contributed by atoms with Crippen LogP contribution in [0, 0.1) is 17.8 Å². The summed E-state index contributed by atoms with van der Waals surface area (Å²) >= 11 is 0. The van der Waals surface area contributed by atoms with Crippen molar-refractivity contribution < 1.29 is 22.7 Å². The summed E-state index contributed by atoms with van der Waals surface area (Å²) in [7, 11) is -0.951. The molecule has 0 spiro atoms. The van der Waals surface area contributed by atoms with Crippen LogP contribution in [0.25, 0.3) is 0 Å². The van der Waals surface area contributed by atoms with Crippen molar-refractivity contribution in [2.75, 3.05) is 29.6 Å². The Morgan fingerprint density at radius 3 is 2.39 bits per heavy atom. The van der Waals surface area contributed by atoms with Gasteiger partial charge in [0.15, 0.2) is 0 Å². The Bertz CT molecular complexity index is 1810. The van der Waals surface area contributed by atoms with Gasteiger partial charge in [0.05, 0.1) is 30.8 Å². The SMILES string of the molecule is COc1ccc(OC)c(NS(=O)(=O)c2ccc(NC(=O)c3ccc4c(c3)[C@@H]3[C@H]5CC[C@@H](C5)[C@H]3[C@H](c3ccccc3)N4)cc2)c1. The Kier molecular flexibility index (Phi) is 7.20. The molecule has 3 aliphatic rings. The molecule has 0 unspecified atom stereocenters. The highest BCUT2D eigenvalue weighted by atomic mass is 32.2. The molecule has 0 saturated heterocycles. The van der Waals surface area contributed by atoms with Gasteiger partial charge in [-0.3, -0.25) is 9.52 Å². The minimum atomic E-state index is -3.92. The van der Waals surface area contributed by atoms with Crippen molar-refractivity contribution in [3.05, 3.63) is 108 Å². The fourth-order valence-corrected chi connectivity index (χ4v) is 8.70. The molecular weight excluding hydrogens is 574 g/mol. The molecule has 1 heterocycles. The average Bonchev–Trinajstić information content (AvgIpc) is 3.68. The lowest BCUT2D eigenvalue weighted by Gasteiger charge is -2.43. The number of ether oxygens (including phenoxy) is 2. The van der Waals surface area contributed by atoms with Crippen LogP contribution < -0.4 is 24.8 Å². The number of hydrogen-bond acceptors (Lipinski definition) is 6. The van der Waals surface area contributed by atoms with Gasteiger partial charge in [-0.2, -0.15) is 0 Å². The summed E-state index contributed by atoms with van der Waals surface area (Å²) in [5.41, 5.74) is 5.03. The average molecular weight is 610 g/mol. The van der Waals surface area contributed by atoms with E-state index in [-0.39, 0.29) is 22.5 Å². The zero-order chi connectivity index (χ0) is 30.4. The van der Waals surface area contributed by atoms with Crippen LogP contribution in [0.4, 0.5) is 17.1 Å². The van der Waals surface area contributed by atoms with Gasteiger partial charge in [-0.05, 0) is 109 Å². The first kappa shape index (κ1) is 28.3. The summed E-state index contributed by atoms with van der Waals surface area (Å²) in [5, 5.41) is 6.77. The highest BCUT2D eigenvalue weighted by Crippen LogP contribution is 2.63. The third kappa shape index (κ3) is 5.05. The van der Waals surface area contributed by atoms with Crippen LogP contribution in [0.3, 0.4) is 0 Å². The molecule has 44 heavy (non-hydrogen) atoms. The van der Waals surface area contributed by atoms with E-state index in [1.165, 1.54) is 56.7 Å². The predicted octanol–water partition coefficient (Wildman–Crippen LogP) is 7.05. The van der Waals surface area contributed by atoms with Crippen LogP contribution >= 0.6 is 0 Å². The van der Waals surface area contributed by atoms with Crippen molar-refractivity contribution in [1.29, 1.82) is 0 Å². The maximum absolute atomic E-state index is 13.4. The standard InChI is InChI=1S/C35H35N3O5S/c1-42-26-13-17-31(43-2)30(20-26)38-44(40,41)27-14-11-25(12-15-27)36-35(39)24-10-16-29-28(19-24)32-22-8-9-23(18-22)33(32)34(37-29)21-6-4-3-5-7-21/h3-7,10-17,19-20,22-23,32-34,37-38H,8-9,18H2,1-2H3,(H,36,39)/t22-,23-,32-,33+,34-/m0/s1. The Morgan fingerprint density at radius 2 is 1.64 bits per heavy atom. The first-order valence-electron chi connectivity index (χ1n) is 15.0. The lowest BCUT2D eigenvalue weighted by molar-refractivity contribution is 0.102. The number of rotatable bonds is 8. The summed E-state index contributed by atoms with van der Waals surface area (Å²) in [6.45, 7) is 0. The molecule has 5 atom stereocenters. The summed E-state index contributed by atoms with van der Waals surface area (Å²) in [4.78, 5) is 13.5. The summed E-state index contributed by atoms with van der Waals surface area (Å²) in [6, 6.07) is 27.9. The molecule has 4 aromatic rings. The third-order valence-corrected chi connectivity index (χ3v) is 11.0. The molecule has 226 valence electrons. The molecule has 2 fully saturated rings. The minimum Gasteiger partial charge on any atom is -0.497 e. The van der Waals surface area contributed by atoms with E-state index in [9.17, 15) is 13.2 Å². The van der Waals surface area contributed by atoms with Gasteiger partial charge in [-0.25, -0.2) is 8.42 Å². The number of carbonyl (C=O) groups is 1. The van der Waals surface area contributed by atoms with Gasteiger partial charge in [0, 0.05) is 23.0 Å². The Balaban J connectivity index is 1.09. The van der Waals surface area contributed by atoms with Crippen LogP contribution in [-0.2, 0) is 10.0 Å². The molecule has 3 N–H and O–H groups in total. The fourth-order valence-electron chi connectivity index (χ4n) is 7.64. The largest absolute Gasteiger partial charge is 0.497 e. The van der Waals surface area contributed by atoms with Crippen LogP contribution in [0.15, 0.2) is 95.9 Å². The van der Waals surface area contributed by atoms with E-state index in [4.69, 9.17) is 9.47 Å². The van der Waals surface area contributed by atoms with Crippen LogP contribution in [-0.4, -0.2) is 28.5 Å². The van der Waals surface area contributed by atoms with Gasteiger partial charge >= 0.3 is 0 Å². The quantitative estimate of drug-likeness (QED) is 0.198. The lowest BCUT2D eigenvalue weighted by Crippen LogP contribution is -2.35. The highest BCUT2D eigenvalue weighted by molar-refractivity contribution is 7.92. The van der Waals surface area contributed by atoms with Gasteiger partial charge in [-0.15, -0.1) is 0 Å². The van der Waals surface area contributed by atoms with Crippen molar-refractivity contribution in [3.8, 4) is 11.5 Å². The van der Waals surface area contributed by atoms with Gasteiger partial charge < -0.3 is 20.1 Å². The van der Waals surface area contributed by atoms with E-state index < -0.39 is 10.0 Å². The zero-order valence-electron chi connectivity index (χ0n) is 24.6. The molecule has 9 heteroatoms. The molecule has 1 aliphatic heterocycles. The van der Waals surface area contributed by atoms with Crippen molar-refractivity contribution in [2.24, 2.45) is 17.8 Å². The van der Waals surface area contributed by atoms with Gasteiger partial charge in [0.25, 0.3) is 15.9 Å². The minimum absolute atomic E-state index is 0.0514. The summed E-state index contributed by atoms with van der Waals surface area (Å²) in [5.74, 6) is 2.92. The monoisotopic (exact) mass is 609 g/mol. The molecule has 4 aromatic carbocycles. The molecule has 7 rings (SSSR count). The van der Waals surface area contributed by atoms with Crippen LogP contribution in [0.1, 0.15) is 52.7 Å². The van der Waals surface area contributed by atoms with E-state index in [0.717, 1.165) is 5.69 Å². The molecule has 2 aliphatic carbocycles. The van der Waals surface area contributed by atoms with Gasteiger partial charge in [0.2, 0.25) is 0 Å². The Morgan fingerprint density at radius 1 is 0.864 bits per heavy atom. The molecular formula is C35H35N3O5S. The number of methoxy groups -OCH3 is 2. The summed E-state index contributed by atoms with van der Waals surface area (Å²) < 4.78 is 39.3. The van der Waals surface area contributed by atoms with Crippen molar-refractivity contribution >= 4 is 33.0 Å². The first-order chi connectivity index (χ1) is 21.3. The first-order valence-corrected chi connectivity index (χ1v) is 16.4. The van der Waals surface area contributed by atoms with E-state index in [0.29, 0.717) is 46.4 Å². The van der Waals surface area contributed by atoms with E-state index >= 15 is 0 Å². The molecule has 2 saturated carbocycles. The second kappa shape index (κ2) is 11.2. The second-order valence-electron chi connectivity index (χ2n) is 11.9. The molecule has 2 bridgehead atoms. The van der Waals surface area contributed by atoms with E-state index in [2.05, 4.69) is 51.8 Å². The number of benzene rings is 4. The highest BCUT2D eigenvalue weighted by Gasteiger charge is 2.53. The number of nitrogens with one attached hydrogen (secondary N) is 3. The number of carbonyl (C=O) groups excluding carboxylic acids is 1. The van der Waals surface area contributed by atoms with Crippen molar-refractivity contribution in [2.45, 2.75) is 36.1 Å². The van der Waals surface area contributed by atoms with Gasteiger partial charge in [-0.1, -0.05) is 30.3 Å². The Hall–Kier alpha value is -4.50. The number of sulfonamides is 1. The smallest absolute Gasteiger partial charge is 0.262 e. The molecule has 0 radical (unpaired) electrons. The fraction of sp³-hybridized carbons (Fsp3) is 0.286. The Labute approximate surface area is 257 Å². The molecule has 1 amide bonds. The van der Waals surface area contributed by atoms with Crippen LogP contribution in [0.5, 0.6) is 11.5 Å². The normalized spacial score (nSPS) is 23.2. The molecule has 8 nitrogen and oxygen atoms in total. The predicted molar refractivity (Wildman–Crippen MR) is 171 cm³/mol. The maximum Gasteiger partial charge on any atom is 0.262 e.